The van der Waals surface area contributed by atoms with Gasteiger partial charge in [-0.15, -0.1) is 0 Å². The molecule has 53 valence electrons. The van der Waals surface area contributed by atoms with Crippen LogP contribution in [0.1, 0.15) is 11.0 Å². The van der Waals surface area contributed by atoms with Crippen LogP contribution in [-0.4, -0.2) is 0 Å². The fourth-order valence-electron chi connectivity index (χ4n) is 0.662. The van der Waals surface area contributed by atoms with Gasteiger partial charge in [-0.3, -0.25) is 0 Å². The molecule has 0 aliphatic carbocycles. The Hall–Kier alpha value is -0.540. The highest BCUT2D eigenvalue weighted by atomic mass is 32.2. The molecule has 0 saturated carbocycles. The largest absolute Gasteiger partial charge is 0.213 e. The molecule has 0 bridgehead atoms. The van der Waals surface area contributed by atoms with E-state index in [0.717, 1.165) is 0 Å². The van der Waals surface area contributed by atoms with E-state index in [9.17, 15) is 8.99 Å². The van der Waals surface area contributed by atoms with Gasteiger partial charge >= 0.3 is 0 Å². The summed E-state index contributed by atoms with van der Waals surface area (Å²) in [5, 5.41) is 10.7. The van der Waals surface area contributed by atoms with E-state index < -0.39 is 5.44 Å². The van der Waals surface area contributed by atoms with E-state index in [1.807, 2.05) is 0 Å². The lowest BCUT2D eigenvalue weighted by Gasteiger charge is -1.99. The second-order valence-corrected chi connectivity index (χ2v) is 2.44. The van der Waals surface area contributed by atoms with E-state index in [2.05, 4.69) is 0 Å². The average molecular weight is 157 g/mol. The summed E-state index contributed by atoms with van der Waals surface area (Å²) in [4.78, 5) is 0. The van der Waals surface area contributed by atoms with Gasteiger partial charge in [-0.25, -0.2) is 5.11 Å². The van der Waals surface area contributed by atoms with Crippen molar-refractivity contribution in [3.63, 3.8) is 0 Å². The van der Waals surface area contributed by atoms with Crippen LogP contribution in [0.5, 0.6) is 0 Å². The van der Waals surface area contributed by atoms with Crippen LogP contribution in [-0.2, 0) is 5.11 Å². The highest BCUT2D eigenvalue weighted by Gasteiger charge is 2.07. The molecule has 3 heteroatoms. The topological polar surface area (TPSA) is 19.9 Å². The van der Waals surface area contributed by atoms with Crippen molar-refractivity contribution < 1.29 is 8.99 Å². The summed E-state index contributed by atoms with van der Waals surface area (Å²) in [7, 11) is 0. The molecule has 0 fully saturated rings. The number of hydrogen-bond donors (Lipinski definition) is 0. The molecule has 1 atom stereocenters. The fourth-order valence-corrected chi connectivity index (χ4v) is 0.922. The summed E-state index contributed by atoms with van der Waals surface area (Å²) >= 11 is -0.178. The van der Waals surface area contributed by atoms with Crippen molar-refractivity contribution in [3.05, 3.63) is 35.9 Å². The third-order valence-corrected chi connectivity index (χ3v) is 1.59. The molecule has 0 heterocycles. The Balaban J connectivity index is 2.75. The minimum atomic E-state index is -1.29. The standard InChI is InChI=1S/C7H6FOS/c8-10-7(9)6-4-2-1-3-5-6/h1-5,7H. The summed E-state index contributed by atoms with van der Waals surface area (Å²) in [6.07, 6.45) is 0. The van der Waals surface area contributed by atoms with Gasteiger partial charge in [0.05, 0.1) is 12.1 Å². The Labute approximate surface area is 63.2 Å². The van der Waals surface area contributed by atoms with Gasteiger partial charge in [-0.1, -0.05) is 30.3 Å². The number of rotatable bonds is 2. The Morgan fingerprint density at radius 2 is 1.90 bits per heavy atom. The molecule has 0 aliphatic heterocycles. The van der Waals surface area contributed by atoms with Crippen molar-refractivity contribution in [2.24, 2.45) is 0 Å². The van der Waals surface area contributed by atoms with Crippen molar-refractivity contribution in [1.82, 2.24) is 0 Å². The van der Waals surface area contributed by atoms with Gasteiger partial charge in [0.2, 0.25) is 0 Å². The number of hydrogen-bond acceptors (Lipinski definition) is 1. The Kier molecular flexibility index (Phi) is 2.71. The molecular formula is C7H6FOS. The highest BCUT2D eigenvalue weighted by molar-refractivity contribution is 7.94. The van der Waals surface area contributed by atoms with Crippen LogP contribution in [0, 0.1) is 0 Å². The second kappa shape index (κ2) is 3.58. The SMILES string of the molecule is [O]C(SF)c1ccccc1. The lowest BCUT2D eigenvalue weighted by atomic mass is 10.2. The summed E-state index contributed by atoms with van der Waals surface area (Å²) in [5.74, 6) is 0. The molecule has 0 saturated heterocycles. The van der Waals surface area contributed by atoms with Gasteiger partial charge in [0.15, 0.2) is 5.44 Å². The molecule has 0 N–H and O–H groups in total. The Morgan fingerprint density at radius 1 is 1.30 bits per heavy atom. The van der Waals surface area contributed by atoms with Crippen molar-refractivity contribution in [2.75, 3.05) is 0 Å². The number of halogens is 1. The van der Waals surface area contributed by atoms with Crippen LogP contribution >= 0.6 is 12.1 Å². The Bertz CT molecular complexity index is 190. The molecular weight excluding hydrogens is 151 g/mol. The first-order chi connectivity index (χ1) is 4.84. The lowest BCUT2D eigenvalue weighted by molar-refractivity contribution is 0.165. The molecule has 10 heavy (non-hydrogen) atoms. The minimum Gasteiger partial charge on any atom is -0.213 e. The molecule has 0 aliphatic rings. The molecule has 1 rings (SSSR count). The zero-order valence-corrected chi connectivity index (χ0v) is 5.98. The summed E-state index contributed by atoms with van der Waals surface area (Å²) < 4.78 is 11.7. The first kappa shape index (κ1) is 7.57. The first-order valence-electron chi connectivity index (χ1n) is 2.83. The van der Waals surface area contributed by atoms with Gasteiger partial charge in [-0.05, 0) is 5.56 Å². The van der Waals surface area contributed by atoms with E-state index in [-0.39, 0.29) is 12.1 Å². The van der Waals surface area contributed by atoms with Crippen LogP contribution in [0.4, 0.5) is 3.89 Å². The predicted octanol–water partition coefficient (Wildman–Crippen LogP) is 2.73. The van der Waals surface area contributed by atoms with E-state index >= 15 is 0 Å². The zero-order valence-electron chi connectivity index (χ0n) is 5.16. The molecule has 1 radical (unpaired) electrons. The third-order valence-electron chi connectivity index (χ3n) is 1.15. The van der Waals surface area contributed by atoms with E-state index in [1.54, 1.807) is 30.3 Å². The molecule has 0 amide bonds. The molecule has 1 unspecified atom stereocenters. The first-order valence-corrected chi connectivity index (χ1v) is 3.61. The highest BCUT2D eigenvalue weighted by Crippen LogP contribution is 2.26. The molecule has 0 spiro atoms. The van der Waals surface area contributed by atoms with Crippen molar-refractivity contribution >= 4 is 12.1 Å². The van der Waals surface area contributed by atoms with E-state index in [1.165, 1.54) is 0 Å². The molecule has 1 aromatic rings. The monoisotopic (exact) mass is 157 g/mol. The minimum absolute atomic E-state index is 0.178. The fraction of sp³-hybridized carbons (Fsp3) is 0.143. The maximum absolute atomic E-state index is 11.7. The second-order valence-electron chi connectivity index (χ2n) is 1.83. The Morgan fingerprint density at radius 3 is 2.40 bits per heavy atom. The van der Waals surface area contributed by atoms with Crippen molar-refractivity contribution in [2.45, 2.75) is 5.44 Å². The quantitative estimate of drug-likeness (QED) is 0.604. The molecule has 0 aromatic heterocycles. The van der Waals surface area contributed by atoms with Gasteiger partial charge in [0.25, 0.3) is 0 Å². The van der Waals surface area contributed by atoms with Crippen LogP contribution in [0.2, 0.25) is 0 Å². The zero-order chi connectivity index (χ0) is 7.40. The normalized spacial score (nSPS) is 13.0. The lowest BCUT2D eigenvalue weighted by Crippen LogP contribution is -1.85. The molecule has 1 nitrogen and oxygen atoms in total. The van der Waals surface area contributed by atoms with Crippen LogP contribution in [0.15, 0.2) is 30.3 Å². The van der Waals surface area contributed by atoms with Crippen molar-refractivity contribution in [3.8, 4) is 0 Å². The summed E-state index contributed by atoms with van der Waals surface area (Å²) in [5.41, 5.74) is -0.809. The van der Waals surface area contributed by atoms with Crippen LogP contribution in [0.25, 0.3) is 0 Å². The van der Waals surface area contributed by atoms with E-state index in [0.29, 0.717) is 5.56 Å². The third kappa shape index (κ3) is 1.72. The van der Waals surface area contributed by atoms with Gasteiger partial charge in [0.1, 0.15) is 0 Å². The maximum Gasteiger partial charge on any atom is 0.194 e. The summed E-state index contributed by atoms with van der Waals surface area (Å²) in [6, 6.07) is 8.46. The molecule has 1 aromatic carbocycles. The van der Waals surface area contributed by atoms with Crippen LogP contribution < -0.4 is 0 Å². The van der Waals surface area contributed by atoms with Gasteiger partial charge in [-0.2, -0.15) is 3.89 Å². The average Bonchev–Trinajstić information content (AvgIpc) is 2.05. The summed E-state index contributed by atoms with van der Waals surface area (Å²) in [6.45, 7) is 0. The van der Waals surface area contributed by atoms with E-state index in [4.69, 9.17) is 0 Å². The van der Waals surface area contributed by atoms with Gasteiger partial charge < -0.3 is 0 Å². The van der Waals surface area contributed by atoms with Crippen molar-refractivity contribution in [1.29, 1.82) is 0 Å². The van der Waals surface area contributed by atoms with Crippen LogP contribution in [0.3, 0.4) is 0 Å². The van der Waals surface area contributed by atoms with Gasteiger partial charge in [0, 0.05) is 0 Å². The number of benzene rings is 1. The predicted molar refractivity (Wildman–Crippen MR) is 38.6 cm³/mol. The smallest absolute Gasteiger partial charge is 0.194 e. The maximum atomic E-state index is 11.7.